The van der Waals surface area contributed by atoms with Gasteiger partial charge in [-0.15, -0.1) is 0 Å². The molecule has 2 rings (SSSR count). The van der Waals surface area contributed by atoms with Crippen molar-refractivity contribution in [2.45, 2.75) is 83.2 Å². The van der Waals surface area contributed by atoms with Gasteiger partial charge in [0, 0.05) is 6.42 Å². The molecule has 0 aromatic heterocycles. The van der Waals surface area contributed by atoms with E-state index in [1.165, 1.54) is 30.4 Å². The highest BCUT2D eigenvalue weighted by Crippen LogP contribution is 2.39. The molecule has 1 saturated carbocycles. The first-order valence-electron chi connectivity index (χ1n) is 9.13. The molecule has 23 heavy (non-hydrogen) atoms. The van der Waals surface area contributed by atoms with Gasteiger partial charge in [0.05, 0.1) is 0 Å². The van der Waals surface area contributed by atoms with E-state index in [9.17, 15) is 13.2 Å². The summed E-state index contributed by atoms with van der Waals surface area (Å²) in [6.07, 6.45) is 4.59. The summed E-state index contributed by atoms with van der Waals surface area (Å²) in [7, 11) is 0. The normalized spacial score (nSPS) is 22.3. The zero-order valence-electron chi connectivity index (χ0n) is 14.2. The smallest absolute Gasteiger partial charge is 0.171 e. The lowest BCUT2D eigenvalue weighted by atomic mass is 9.77. The molecule has 1 aromatic rings. The fourth-order valence-corrected chi connectivity index (χ4v) is 3.69. The second-order valence-electron chi connectivity index (χ2n) is 7.07. The highest BCUT2D eigenvalue weighted by molar-refractivity contribution is 5.25. The molecule has 1 fully saturated rings. The molecule has 0 radical (unpaired) electrons. The van der Waals surface area contributed by atoms with E-state index in [2.05, 4.69) is 31.2 Å². The van der Waals surface area contributed by atoms with Crippen molar-refractivity contribution in [3.05, 3.63) is 35.4 Å². The summed E-state index contributed by atoms with van der Waals surface area (Å²) >= 11 is 0. The summed E-state index contributed by atoms with van der Waals surface area (Å²) in [5.41, 5.74) is 2.78. The SMILES string of the molecule is CCCCCc1ccc([C@H]2CC[C@H](CCC(F)(F)F)CC2)cc1. The van der Waals surface area contributed by atoms with Crippen LogP contribution in [0.15, 0.2) is 24.3 Å². The van der Waals surface area contributed by atoms with Gasteiger partial charge in [-0.1, -0.05) is 44.0 Å². The molecule has 0 aliphatic heterocycles. The Morgan fingerprint density at radius 3 is 2.17 bits per heavy atom. The predicted molar refractivity (Wildman–Crippen MR) is 89.7 cm³/mol. The summed E-state index contributed by atoms with van der Waals surface area (Å²) in [6.45, 7) is 2.22. The van der Waals surface area contributed by atoms with Crippen molar-refractivity contribution in [2.24, 2.45) is 5.92 Å². The van der Waals surface area contributed by atoms with Gasteiger partial charge in [-0.2, -0.15) is 13.2 Å². The largest absolute Gasteiger partial charge is 0.389 e. The summed E-state index contributed by atoms with van der Waals surface area (Å²) in [5, 5.41) is 0. The molecule has 0 saturated heterocycles. The average molecular weight is 326 g/mol. The monoisotopic (exact) mass is 326 g/mol. The Bertz CT molecular complexity index is 439. The summed E-state index contributed by atoms with van der Waals surface area (Å²) in [4.78, 5) is 0. The van der Waals surface area contributed by atoms with Gasteiger partial charge >= 0.3 is 6.18 Å². The lowest BCUT2D eigenvalue weighted by Gasteiger charge is -2.29. The second-order valence-corrected chi connectivity index (χ2v) is 7.07. The van der Waals surface area contributed by atoms with Crippen LogP contribution >= 0.6 is 0 Å². The van der Waals surface area contributed by atoms with Crippen LogP contribution in [-0.2, 0) is 6.42 Å². The average Bonchev–Trinajstić information content (AvgIpc) is 2.54. The fourth-order valence-electron chi connectivity index (χ4n) is 3.69. The quantitative estimate of drug-likeness (QED) is 0.472. The number of halogens is 3. The zero-order valence-corrected chi connectivity index (χ0v) is 14.2. The highest BCUT2D eigenvalue weighted by Gasteiger charge is 2.30. The minimum atomic E-state index is -4.00. The molecule has 0 amide bonds. The number of benzene rings is 1. The van der Waals surface area contributed by atoms with Gasteiger partial charge in [-0.25, -0.2) is 0 Å². The third-order valence-electron chi connectivity index (χ3n) is 5.20. The molecule has 0 unspecified atom stereocenters. The number of aryl methyl sites for hydroxylation is 1. The second kappa shape index (κ2) is 8.75. The van der Waals surface area contributed by atoms with Gasteiger partial charge in [0.2, 0.25) is 0 Å². The Morgan fingerprint density at radius 1 is 0.957 bits per heavy atom. The van der Waals surface area contributed by atoms with Crippen LogP contribution in [0.1, 0.15) is 81.8 Å². The molecule has 0 atom stereocenters. The number of hydrogen-bond donors (Lipinski definition) is 0. The minimum Gasteiger partial charge on any atom is -0.171 e. The predicted octanol–water partition coefficient (Wildman–Crippen LogP) is 7.04. The zero-order chi connectivity index (χ0) is 16.7. The molecule has 0 nitrogen and oxygen atoms in total. The molecule has 1 aliphatic carbocycles. The van der Waals surface area contributed by atoms with Crippen molar-refractivity contribution >= 4 is 0 Å². The first kappa shape index (κ1) is 18.4. The maximum atomic E-state index is 12.3. The molecule has 130 valence electrons. The maximum Gasteiger partial charge on any atom is 0.389 e. The lowest BCUT2D eigenvalue weighted by molar-refractivity contribution is -0.138. The summed E-state index contributed by atoms with van der Waals surface area (Å²) in [5.74, 6) is 0.808. The van der Waals surface area contributed by atoms with E-state index < -0.39 is 12.6 Å². The molecule has 0 heterocycles. The fraction of sp³-hybridized carbons (Fsp3) is 0.700. The van der Waals surface area contributed by atoms with E-state index in [4.69, 9.17) is 0 Å². The Balaban J connectivity index is 1.76. The van der Waals surface area contributed by atoms with E-state index in [0.29, 0.717) is 12.3 Å². The van der Waals surface area contributed by atoms with E-state index in [-0.39, 0.29) is 5.92 Å². The van der Waals surface area contributed by atoms with Crippen LogP contribution in [0.25, 0.3) is 0 Å². The Morgan fingerprint density at radius 2 is 1.61 bits per heavy atom. The topological polar surface area (TPSA) is 0 Å². The van der Waals surface area contributed by atoms with Crippen LogP contribution in [0.3, 0.4) is 0 Å². The van der Waals surface area contributed by atoms with Crippen molar-refractivity contribution in [1.82, 2.24) is 0 Å². The van der Waals surface area contributed by atoms with Crippen molar-refractivity contribution < 1.29 is 13.2 Å². The Kier molecular flexibility index (Phi) is 6.98. The van der Waals surface area contributed by atoms with Crippen LogP contribution in [0.2, 0.25) is 0 Å². The maximum absolute atomic E-state index is 12.3. The molecule has 1 aliphatic rings. The van der Waals surface area contributed by atoms with Gasteiger partial charge in [0.25, 0.3) is 0 Å². The van der Waals surface area contributed by atoms with E-state index >= 15 is 0 Å². The highest BCUT2D eigenvalue weighted by atomic mass is 19.4. The molecule has 1 aromatic carbocycles. The van der Waals surface area contributed by atoms with Gasteiger partial charge < -0.3 is 0 Å². The Labute approximate surface area is 138 Å². The summed E-state index contributed by atoms with van der Waals surface area (Å²) < 4.78 is 36.9. The van der Waals surface area contributed by atoms with Crippen LogP contribution in [0.5, 0.6) is 0 Å². The molecule has 3 heteroatoms. The van der Waals surface area contributed by atoms with Crippen molar-refractivity contribution in [2.75, 3.05) is 0 Å². The third-order valence-corrected chi connectivity index (χ3v) is 5.20. The van der Waals surface area contributed by atoms with Gasteiger partial charge in [0.1, 0.15) is 0 Å². The van der Waals surface area contributed by atoms with Crippen molar-refractivity contribution in [3.8, 4) is 0 Å². The lowest BCUT2D eigenvalue weighted by Crippen LogP contribution is -2.16. The first-order chi connectivity index (χ1) is 11.0. The standard InChI is InChI=1S/C20H29F3/c1-2-3-4-5-16-6-10-18(11-7-16)19-12-8-17(9-13-19)14-15-20(21,22)23/h6-7,10-11,17,19H,2-5,8-9,12-15H2,1H3/t17-,19-. The first-order valence-corrected chi connectivity index (χ1v) is 9.13. The van der Waals surface area contributed by atoms with E-state index in [1.54, 1.807) is 0 Å². The molecule has 0 bridgehead atoms. The number of hydrogen-bond acceptors (Lipinski definition) is 0. The van der Waals surface area contributed by atoms with E-state index in [0.717, 1.165) is 32.1 Å². The van der Waals surface area contributed by atoms with Gasteiger partial charge in [0.15, 0.2) is 0 Å². The Hall–Kier alpha value is -0.990. The minimum absolute atomic E-state index is 0.265. The van der Waals surface area contributed by atoms with Crippen LogP contribution in [0.4, 0.5) is 13.2 Å². The van der Waals surface area contributed by atoms with Crippen molar-refractivity contribution in [3.63, 3.8) is 0 Å². The molecular formula is C20H29F3. The van der Waals surface area contributed by atoms with Gasteiger partial charge in [-0.05, 0) is 67.9 Å². The molecule has 0 N–H and O–H groups in total. The number of rotatable bonds is 7. The van der Waals surface area contributed by atoms with Crippen LogP contribution in [-0.4, -0.2) is 6.18 Å². The van der Waals surface area contributed by atoms with Crippen LogP contribution in [0, 0.1) is 5.92 Å². The summed E-state index contributed by atoms with van der Waals surface area (Å²) in [6, 6.07) is 8.95. The van der Waals surface area contributed by atoms with Gasteiger partial charge in [-0.3, -0.25) is 0 Å². The number of unbranched alkanes of at least 4 members (excludes halogenated alkanes) is 2. The molecular weight excluding hydrogens is 297 g/mol. The van der Waals surface area contributed by atoms with E-state index in [1.807, 2.05) is 0 Å². The van der Waals surface area contributed by atoms with Crippen molar-refractivity contribution in [1.29, 1.82) is 0 Å². The van der Waals surface area contributed by atoms with Crippen LogP contribution < -0.4 is 0 Å². The molecule has 0 spiro atoms. The third kappa shape index (κ3) is 6.56. The number of alkyl halides is 3.